The first kappa shape index (κ1) is 29.4. The topological polar surface area (TPSA) is 148 Å². The lowest BCUT2D eigenvalue weighted by molar-refractivity contribution is -0.134. The molecule has 0 radical (unpaired) electrons. The molecule has 2 saturated heterocycles. The second-order valence-electron chi connectivity index (χ2n) is 10.8. The lowest BCUT2D eigenvalue weighted by Gasteiger charge is -2.36. The Kier molecular flexibility index (Phi) is 8.34. The van der Waals surface area contributed by atoms with Gasteiger partial charge in [-0.3, -0.25) is 14.0 Å². The van der Waals surface area contributed by atoms with E-state index in [4.69, 9.17) is 21.6 Å². The van der Waals surface area contributed by atoms with Crippen molar-refractivity contribution in [2.24, 2.45) is 0 Å². The van der Waals surface area contributed by atoms with E-state index in [1.54, 1.807) is 40.4 Å². The van der Waals surface area contributed by atoms with Crippen LogP contribution in [0.4, 0.5) is 11.5 Å². The van der Waals surface area contributed by atoms with Crippen LogP contribution in [0.15, 0.2) is 55.0 Å². The Labute approximate surface area is 258 Å². The summed E-state index contributed by atoms with van der Waals surface area (Å²) in [6.45, 7) is 4.07. The molecule has 2 aromatic carbocycles. The Bertz CT molecular complexity index is 1760. The molecule has 0 bridgehead atoms. The van der Waals surface area contributed by atoms with E-state index in [1.165, 1.54) is 0 Å². The summed E-state index contributed by atoms with van der Waals surface area (Å²) in [7, 11) is 0. The van der Waals surface area contributed by atoms with Crippen molar-refractivity contribution in [2.45, 2.75) is 25.5 Å². The standard InChI is InChI=1S/C31H31ClN8O4/c1-19-14-21(3-4-23(19)30(42)38-9-11-39(12-10-38)31(43)25-16-22(41)17-35-25)37-28-29-36-18-26(40(29)8-7-34-28)20-2-5-27(24(32)15-20)44-13-6-33/h2-5,7-8,14-15,18,22,25,35,41H,9-13,16-17H2,1H3,(H,34,37)/t22-,25+/m1/s1. The van der Waals surface area contributed by atoms with E-state index in [2.05, 4.69) is 20.6 Å². The van der Waals surface area contributed by atoms with Crippen LogP contribution in [-0.4, -0.2) is 92.6 Å². The van der Waals surface area contributed by atoms with Gasteiger partial charge in [0.25, 0.3) is 5.91 Å². The van der Waals surface area contributed by atoms with Gasteiger partial charge in [0.05, 0.1) is 29.1 Å². The van der Waals surface area contributed by atoms with Gasteiger partial charge in [0, 0.05) is 61.9 Å². The second kappa shape index (κ2) is 12.5. The van der Waals surface area contributed by atoms with Gasteiger partial charge in [0.2, 0.25) is 5.91 Å². The smallest absolute Gasteiger partial charge is 0.254 e. The van der Waals surface area contributed by atoms with E-state index in [-0.39, 0.29) is 24.5 Å². The maximum absolute atomic E-state index is 13.4. The van der Waals surface area contributed by atoms with E-state index in [9.17, 15) is 14.7 Å². The average molecular weight is 615 g/mol. The van der Waals surface area contributed by atoms with Crippen molar-refractivity contribution in [1.82, 2.24) is 29.5 Å². The highest BCUT2D eigenvalue weighted by molar-refractivity contribution is 6.32. The van der Waals surface area contributed by atoms with E-state index >= 15 is 0 Å². The summed E-state index contributed by atoms with van der Waals surface area (Å²) in [4.78, 5) is 38.8. The summed E-state index contributed by atoms with van der Waals surface area (Å²) in [6.07, 6.45) is 5.15. The first-order valence-corrected chi connectivity index (χ1v) is 14.7. The zero-order chi connectivity index (χ0) is 30.8. The number of amides is 2. The summed E-state index contributed by atoms with van der Waals surface area (Å²) in [5.74, 6) is 0.887. The molecular weight excluding hydrogens is 584 g/mol. The van der Waals surface area contributed by atoms with Crippen LogP contribution in [0, 0.1) is 18.3 Å². The third-order valence-electron chi connectivity index (χ3n) is 7.95. The molecule has 0 saturated carbocycles. The summed E-state index contributed by atoms with van der Waals surface area (Å²) in [6, 6.07) is 12.5. The summed E-state index contributed by atoms with van der Waals surface area (Å²) < 4.78 is 7.25. The van der Waals surface area contributed by atoms with E-state index in [0.29, 0.717) is 66.9 Å². The van der Waals surface area contributed by atoms with Gasteiger partial charge in [-0.2, -0.15) is 5.26 Å². The van der Waals surface area contributed by atoms with Crippen LogP contribution in [0.3, 0.4) is 0 Å². The number of hydrogen-bond acceptors (Lipinski definition) is 9. The molecule has 0 spiro atoms. The van der Waals surface area contributed by atoms with Crippen LogP contribution in [0.5, 0.6) is 5.75 Å². The quantitative estimate of drug-likeness (QED) is 0.286. The molecule has 0 aliphatic carbocycles. The first-order chi connectivity index (χ1) is 21.3. The van der Waals surface area contributed by atoms with Gasteiger partial charge in [0.15, 0.2) is 18.1 Å². The number of imidazole rings is 1. The van der Waals surface area contributed by atoms with Crippen molar-refractivity contribution in [3.05, 3.63) is 71.1 Å². The number of aryl methyl sites for hydroxylation is 1. The number of carbonyl (C=O) groups is 2. The van der Waals surface area contributed by atoms with Crippen LogP contribution in [0.25, 0.3) is 16.9 Å². The van der Waals surface area contributed by atoms with Crippen LogP contribution in [0.1, 0.15) is 22.3 Å². The molecule has 226 valence electrons. The van der Waals surface area contributed by atoms with E-state index in [1.807, 2.05) is 41.8 Å². The molecule has 2 atom stereocenters. The van der Waals surface area contributed by atoms with Gasteiger partial charge in [0.1, 0.15) is 11.8 Å². The normalized spacial score (nSPS) is 18.3. The summed E-state index contributed by atoms with van der Waals surface area (Å²) in [5.41, 5.74) is 4.40. The number of halogens is 1. The van der Waals surface area contributed by atoms with Crippen molar-refractivity contribution in [3.8, 4) is 23.1 Å². The number of nitrogens with zero attached hydrogens (tertiary/aromatic N) is 6. The number of fused-ring (bicyclic) bond motifs is 1. The molecular formula is C31H31ClN8O4. The number of benzene rings is 2. The monoisotopic (exact) mass is 614 g/mol. The average Bonchev–Trinajstić information content (AvgIpc) is 3.67. The highest BCUT2D eigenvalue weighted by Crippen LogP contribution is 2.32. The number of piperazine rings is 1. The molecule has 2 fully saturated rings. The molecule has 12 nitrogen and oxygen atoms in total. The molecule has 2 amide bonds. The van der Waals surface area contributed by atoms with Crippen molar-refractivity contribution in [3.63, 3.8) is 0 Å². The number of rotatable bonds is 7. The van der Waals surface area contributed by atoms with Crippen molar-refractivity contribution >= 4 is 40.6 Å². The number of aliphatic hydroxyl groups excluding tert-OH is 1. The number of hydrogen-bond donors (Lipinski definition) is 3. The first-order valence-electron chi connectivity index (χ1n) is 14.3. The van der Waals surface area contributed by atoms with E-state index in [0.717, 1.165) is 22.5 Å². The number of nitrogens with one attached hydrogen (secondary N) is 2. The molecule has 2 aliphatic rings. The second-order valence-corrected chi connectivity index (χ2v) is 11.2. The largest absolute Gasteiger partial charge is 0.477 e. The molecule has 2 aromatic heterocycles. The van der Waals surface area contributed by atoms with Crippen molar-refractivity contribution < 1.29 is 19.4 Å². The Morgan fingerprint density at radius 2 is 1.95 bits per heavy atom. The number of nitriles is 1. The van der Waals surface area contributed by atoms with Crippen LogP contribution in [0.2, 0.25) is 5.02 Å². The highest BCUT2D eigenvalue weighted by atomic mass is 35.5. The van der Waals surface area contributed by atoms with Gasteiger partial charge < -0.3 is 30.3 Å². The van der Waals surface area contributed by atoms with Gasteiger partial charge in [-0.1, -0.05) is 11.6 Å². The highest BCUT2D eigenvalue weighted by Gasteiger charge is 2.33. The molecule has 3 N–H and O–H groups in total. The Morgan fingerprint density at radius 1 is 1.16 bits per heavy atom. The maximum atomic E-state index is 13.4. The van der Waals surface area contributed by atoms with Crippen LogP contribution >= 0.6 is 11.6 Å². The lowest BCUT2D eigenvalue weighted by Crippen LogP contribution is -2.54. The molecule has 44 heavy (non-hydrogen) atoms. The number of ether oxygens (including phenoxy) is 1. The fraction of sp³-hybridized carbons (Fsp3) is 0.323. The number of aromatic nitrogens is 3. The van der Waals surface area contributed by atoms with Gasteiger partial charge >= 0.3 is 0 Å². The molecule has 13 heteroatoms. The predicted octanol–water partition coefficient (Wildman–Crippen LogP) is 3.01. The predicted molar refractivity (Wildman–Crippen MR) is 164 cm³/mol. The number of β-amino-alcohol motifs (C(OH)–C–C–N with tert-alkyl or cyclic N) is 1. The fourth-order valence-electron chi connectivity index (χ4n) is 5.65. The minimum atomic E-state index is -0.492. The van der Waals surface area contributed by atoms with Crippen LogP contribution in [-0.2, 0) is 4.79 Å². The van der Waals surface area contributed by atoms with Crippen molar-refractivity contribution in [2.75, 3.05) is 44.6 Å². The van der Waals surface area contributed by atoms with Crippen LogP contribution < -0.4 is 15.4 Å². The SMILES string of the molecule is Cc1cc(Nc2nccn3c(-c4ccc(OCC#N)c(Cl)c4)cnc23)ccc1C(=O)N1CCN(C(=O)[C@@H]2C[C@@H](O)CN2)CC1. The number of carbonyl (C=O) groups excluding carboxylic acids is 2. The third-order valence-corrected chi connectivity index (χ3v) is 8.25. The molecule has 0 unspecified atom stereocenters. The summed E-state index contributed by atoms with van der Waals surface area (Å²) >= 11 is 6.38. The summed E-state index contributed by atoms with van der Waals surface area (Å²) in [5, 5.41) is 25.3. The fourth-order valence-corrected chi connectivity index (χ4v) is 5.89. The minimum absolute atomic E-state index is 0.0169. The van der Waals surface area contributed by atoms with Gasteiger partial charge in [-0.25, -0.2) is 9.97 Å². The Hall–Kier alpha value is -4.70. The maximum Gasteiger partial charge on any atom is 0.254 e. The molecule has 4 heterocycles. The lowest BCUT2D eigenvalue weighted by atomic mass is 10.1. The zero-order valence-electron chi connectivity index (χ0n) is 24.0. The van der Waals surface area contributed by atoms with Gasteiger partial charge in [-0.15, -0.1) is 0 Å². The molecule has 6 rings (SSSR count). The van der Waals surface area contributed by atoms with Gasteiger partial charge in [-0.05, 0) is 55.3 Å². The minimum Gasteiger partial charge on any atom is -0.477 e. The van der Waals surface area contributed by atoms with Crippen molar-refractivity contribution in [1.29, 1.82) is 5.26 Å². The Balaban J connectivity index is 1.13. The Morgan fingerprint density at radius 3 is 2.66 bits per heavy atom. The zero-order valence-corrected chi connectivity index (χ0v) is 24.8. The molecule has 4 aromatic rings. The third kappa shape index (κ3) is 5.90. The number of aliphatic hydroxyl groups is 1. The number of anilines is 2. The van der Waals surface area contributed by atoms with E-state index < -0.39 is 6.10 Å². The molecule has 2 aliphatic heterocycles.